The molecule has 0 saturated heterocycles. The fourth-order valence-electron chi connectivity index (χ4n) is 1.66. The van der Waals surface area contributed by atoms with Crippen molar-refractivity contribution < 1.29 is 8.85 Å². The van der Waals surface area contributed by atoms with Crippen LogP contribution in [0.3, 0.4) is 0 Å². The first kappa shape index (κ1) is 14.9. The predicted octanol–water partition coefficient (Wildman–Crippen LogP) is 3.66. The Bertz CT molecular complexity index is 165. The molecule has 0 saturated carbocycles. The smallest absolute Gasteiger partial charge is 0.363 e. The second-order valence-corrected chi connectivity index (χ2v) is 7.77. The molecule has 0 atom stereocenters. The summed E-state index contributed by atoms with van der Waals surface area (Å²) in [6, 6.07) is 1.03. The summed E-state index contributed by atoms with van der Waals surface area (Å²) in [4.78, 5) is 0. The van der Waals surface area contributed by atoms with Gasteiger partial charge in [-0.1, -0.05) is 39.5 Å². The van der Waals surface area contributed by atoms with Gasteiger partial charge >= 0.3 is 8.56 Å². The van der Waals surface area contributed by atoms with Gasteiger partial charge in [0.1, 0.15) is 0 Å². The van der Waals surface area contributed by atoms with E-state index in [-0.39, 0.29) is 0 Å². The van der Waals surface area contributed by atoms with Gasteiger partial charge in [-0.2, -0.15) is 0 Å². The molecule has 0 spiro atoms. The van der Waals surface area contributed by atoms with Crippen LogP contribution in [0, 0.1) is 5.92 Å². The summed E-state index contributed by atoms with van der Waals surface area (Å²) >= 11 is 0. The number of hydrogen-bond acceptors (Lipinski definition) is 2. The lowest BCUT2D eigenvalue weighted by molar-refractivity contribution is 0.254. The lowest BCUT2D eigenvalue weighted by atomic mass is 10.1. The van der Waals surface area contributed by atoms with Crippen LogP contribution >= 0.6 is 0 Å². The molecule has 0 N–H and O–H groups in total. The van der Waals surface area contributed by atoms with Crippen molar-refractivity contribution in [3.8, 4) is 0 Å². The van der Waals surface area contributed by atoms with Crippen LogP contribution in [-0.4, -0.2) is 22.8 Å². The van der Waals surface area contributed by atoms with Crippen molar-refractivity contribution in [2.45, 2.75) is 45.6 Å². The normalized spacial score (nSPS) is 12.1. The molecular weight excluding hydrogens is 204 g/mol. The van der Waals surface area contributed by atoms with E-state index in [1.807, 2.05) is 5.70 Å². The molecule has 0 aromatic carbocycles. The number of rotatable bonds is 9. The van der Waals surface area contributed by atoms with Gasteiger partial charge in [0.25, 0.3) is 0 Å². The zero-order valence-electron chi connectivity index (χ0n) is 10.7. The molecule has 0 aromatic rings. The van der Waals surface area contributed by atoms with Gasteiger partial charge in [0.2, 0.25) is 0 Å². The summed E-state index contributed by atoms with van der Waals surface area (Å²) in [5.41, 5.74) is 1.88. The Labute approximate surface area is 95.9 Å². The molecule has 0 bridgehead atoms. The Hall–Kier alpha value is -0.123. The first-order valence-electron chi connectivity index (χ1n) is 5.84. The Kier molecular flexibility index (Phi) is 8.01. The third-order valence-electron chi connectivity index (χ3n) is 2.81. The van der Waals surface area contributed by atoms with E-state index in [0.717, 1.165) is 12.0 Å². The molecule has 0 heterocycles. The largest absolute Gasteiger partial charge is 0.395 e. The topological polar surface area (TPSA) is 18.5 Å². The highest BCUT2D eigenvalue weighted by Gasteiger charge is 2.30. The van der Waals surface area contributed by atoms with E-state index in [4.69, 9.17) is 8.85 Å². The third kappa shape index (κ3) is 6.13. The van der Waals surface area contributed by atoms with Crippen molar-refractivity contribution in [2.24, 2.45) is 5.92 Å². The predicted molar refractivity (Wildman–Crippen MR) is 68.1 cm³/mol. The van der Waals surface area contributed by atoms with E-state index in [1.54, 1.807) is 14.2 Å². The molecule has 0 aliphatic rings. The molecule has 15 heavy (non-hydrogen) atoms. The van der Waals surface area contributed by atoms with Crippen LogP contribution in [0.4, 0.5) is 0 Å². The SMILES string of the molecule is C=C[Si](CCCCCC(C)C)(OC)OC. The summed E-state index contributed by atoms with van der Waals surface area (Å²) in [6.07, 6.45) is 5.09. The minimum Gasteiger partial charge on any atom is -0.395 e. The molecule has 2 nitrogen and oxygen atoms in total. The number of hydrogen-bond donors (Lipinski definition) is 0. The van der Waals surface area contributed by atoms with Crippen LogP contribution in [-0.2, 0) is 8.85 Å². The number of unbranched alkanes of at least 4 members (excludes halogenated alkanes) is 2. The molecule has 0 unspecified atom stereocenters. The maximum absolute atomic E-state index is 5.46. The second kappa shape index (κ2) is 8.08. The molecule has 0 aromatic heterocycles. The zero-order chi connectivity index (χ0) is 11.7. The highest BCUT2D eigenvalue weighted by atomic mass is 28.4. The van der Waals surface area contributed by atoms with E-state index in [1.165, 1.54) is 25.7 Å². The van der Waals surface area contributed by atoms with Gasteiger partial charge in [0, 0.05) is 14.2 Å². The summed E-state index contributed by atoms with van der Waals surface area (Å²) in [7, 11) is 1.42. The van der Waals surface area contributed by atoms with E-state index >= 15 is 0 Å². The Morgan fingerprint density at radius 3 is 2.13 bits per heavy atom. The molecule has 0 radical (unpaired) electrons. The zero-order valence-corrected chi connectivity index (χ0v) is 11.7. The Balaban J connectivity index is 3.67. The molecule has 0 rings (SSSR count). The molecule has 0 amide bonds. The Morgan fingerprint density at radius 1 is 1.13 bits per heavy atom. The van der Waals surface area contributed by atoms with Gasteiger partial charge in [-0.25, -0.2) is 0 Å². The Morgan fingerprint density at radius 2 is 1.73 bits per heavy atom. The molecule has 3 heteroatoms. The minimum absolute atomic E-state index is 0.816. The quantitative estimate of drug-likeness (QED) is 0.444. The summed E-state index contributed by atoms with van der Waals surface area (Å²) < 4.78 is 10.9. The average molecular weight is 230 g/mol. The van der Waals surface area contributed by atoms with Crippen LogP contribution in [0.15, 0.2) is 12.3 Å². The highest BCUT2D eigenvalue weighted by molar-refractivity contribution is 6.72. The van der Waals surface area contributed by atoms with Crippen molar-refractivity contribution in [1.29, 1.82) is 0 Å². The van der Waals surface area contributed by atoms with E-state index in [0.29, 0.717) is 0 Å². The van der Waals surface area contributed by atoms with Crippen molar-refractivity contribution in [1.82, 2.24) is 0 Å². The van der Waals surface area contributed by atoms with Crippen LogP contribution in [0.25, 0.3) is 0 Å². The molecule has 0 aliphatic heterocycles. The summed E-state index contributed by atoms with van der Waals surface area (Å²) in [5, 5.41) is 0. The van der Waals surface area contributed by atoms with E-state index < -0.39 is 8.56 Å². The molecular formula is C12H26O2Si. The molecule has 0 aliphatic carbocycles. The van der Waals surface area contributed by atoms with Crippen LogP contribution in [0.5, 0.6) is 0 Å². The van der Waals surface area contributed by atoms with Crippen LogP contribution < -0.4 is 0 Å². The van der Waals surface area contributed by atoms with Crippen LogP contribution in [0.1, 0.15) is 39.5 Å². The highest BCUT2D eigenvalue weighted by Crippen LogP contribution is 2.18. The van der Waals surface area contributed by atoms with Crippen LogP contribution in [0.2, 0.25) is 6.04 Å². The lowest BCUT2D eigenvalue weighted by Crippen LogP contribution is -2.37. The lowest BCUT2D eigenvalue weighted by Gasteiger charge is -2.23. The van der Waals surface area contributed by atoms with Crippen molar-refractivity contribution in [3.05, 3.63) is 12.3 Å². The van der Waals surface area contributed by atoms with Gasteiger partial charge in [0.15, 0.2) is 0 Å². The van der Waals surface area contributed by atoms with Gasteiger partial charge in [-0.3, -0.25) is 0 Å². The van der Waals surface area contributed by atoms with Gasteiger partial charge in [0.05, 0.1) is 0 Å². The standard InChI is InChI=1S/C12H26O2Si/c1-6-15(13-4,14-5)11-9-7-8-10-12(2)3/h6,12H,1,7-11H2,2-5H3. The average Bonchev–Trinajstić information content (AvgIpc) is 2.24. The summed E-state index contributed by atoms with van der Waals surface area (Å²) in [5.74, 6) is 0.816. The second-order valence-electron chi connectivity index (χ2n) is 4.42. The first-order valence-corrected chi connectivity index (χ1v) is 7.94. The minimum atomic E-state index is -2.03. The van der Waals surface area contributed by atoms with E-state index in [2.05, 4.69) is 20.4 Å². The van der Waals surface area contributed by atoms with E-state index in [9.17, 15) is 0 Å². The first-order chi connectivity index (χ1) is 7.10. The van der Waals surface area contributed by atoms with Crippen molar-refractivity contribution in [2.75, 3.05) is 14.2 Å². The van der Waals surface area contributed by atoms with Crippen molar-refractivity contribution >= 4 is 8.56 Å². The molecule has 90 valence electrons. The van der Waals surface area contributed by atoms with Gasteiger partial charge in [-0.05, 0) is 17.7 Å². The summed E-state index contributed by atoms with van der Waals surface area (Å²) in [6.45, 7) is 8.36. The van der Waals surface area contributed by atoms with Crippen molar-refractivity contribution in [3.63, 3.8) is 0 Å². The maximum Gasteiger partial charge on any atom is 0.363 e. The molecule has 0 fully saturated rings. The third-order valence-corrected chi connectivity index (χ3v) is 5.86. The van der Waals surface area contributed by atoms with Gasteiger partial charge < -0.3 is 8.85 Å². The fraction of sp³-hybridized carbons (Fsp3) is 0.833. The maximum atomic E-state index is 5.46. The van der Waals surface area contributed by atoms with Gasteiger partial charge in [-0.15, -0.1) is 6.58 Å². The fourth-order valence-corrected chi connectivity index (χ4v) is 3.51. The monoisotopic (exact) mass is 230 g/mol.